The third-order valence-corrected chi connectivity index (χ3v) is 9.62. The first kappa shape index (κ1) is 26.3. The molecule has 1 aliphatic rings. The number of hydrogen-bond acceptors (Lipinski definition) is 6. The number of carbonyl (C=O) groups excluding carboxylic acids is 1. The fraction of sp³-hybridized carbons (Fsp3) is 0.310. The molecular weight excluding hydrogens is 516 g/mol. The van der Waals surface area contributed by atoms with Gasteiger partial charge in [0.15, 0.2) is 5.13 Å². The van der Waals surface area contributed by atoms with E-state index in [9.17, 15) is 13.2 Å². The van der Waals surface area contributed by atoms with Gasteiger partial charge in [-0.15, -0.1) is 0 Å². The number of sulfonamides is 1. The van der Waals surface area contributed by atoms with Gasteiger partial charge in [-0.25, -0.2) is 13.4 Å². The second-order valence-corrected chi connectivity index (χ2v) is 12.8. The standard InChI is InChI=1S/C29H32N4O3S2/c1-21-11-16-25-27(20-21)37-29(30-25)32(18-7-17-31(2)3)28(34)23-12-14-24(15-13-23)38(35,36)33-19-6-9-22-8-4-5-10-26(22)33/h4-5,8,10-16,20H,6-7,9,17-19H2,1-3H3. The van der Waals surface area contributed by atoms with Gasteiger partial charge in [0.25, 0.3) is 15.9 Å². The van der Waals surface area contributed by atoms with Crippen molar-refractivity contribution in [3.63, 3.8) is 0 Å². The highest BCUT2D eigenvalue weighted by Crippen LogP contribution is 2.33. The van der Waals surface area contributed by atoms with Crippen molar-refractivity contribution in [2.75, 3.05) is 42.9 Å². The number of thiazole rings is 1. The maximum atomic E-state index is 13.7. The molecule has 0 unspecified atom stereocenters. The molecule has 3 aromatic carbocycles. The second-order valence-electron chi connectivity index (χ2n) is 9.92. The summed E-state index contributed by atoms with van der Waals surface area (Å²) in [4.78, 5) is 22.4. The molecule has 5 rings (SSSR count). The number of amides is 1. The van der Waals surface area contributed by atoms with E-state index >= 15 is 0 Å². The molecule has 0 fully saturated rings. The molecule has 0 bridgehead atoms. The molecule has 0 spiro atoms. The van der Waals surface area contributed by atoms with E-state index in [2.05, 4.69) is 11.0 Å². The zero-order valence-corrected chi connectivity index (χ0v) is 23.6. The van der Waals surface area contributed by atoms with Crippen LogP contribution in [0.25, 0.3) is 10.2 Å². The Kier molecular flexibility index (Phi) is 7.52. The molecule has 2 heterocycles. The number of carbonyl (C=O) groups is 1. The minimum Gasteiger partial charge on any atom is -0.309 e. The highest BCUT2D eigenvalue weighted by molar-refractivity contribution is 7.92. The molecule has 38 heavy (non-hydrogen) atoms. The van der Waals surface area contributed by atoms with Gasteiger partial charge in [-0.3, -0.25) is 14.0 Å². The van der Waals surface area contributed by atoms with Crippen molar-refractivity contribution in [1.82, 2.24) is 9.88 Å². The van der Waals surface area contributed by atoms with E-state index in [-0.39, 0.29) is 10.8 Å². The average molecular weight is 549 g/mol. The highest BCUT2D eigenvalue weighted by Gasteiger charge is 2.29. The fourth-order valence-corrected chi connectivity index (χ4v) is 7.39. The Balaban J connectivity index is 1.43. The average Bonchev–Trinajstić information content (AvgIpc) is 3.33. The van der Waals surface area contributed by atoms with Crippen LogP contribution >= 0.6 is 11.3 Å². The maximum absolute atomic E-state index is 13.7. The lowest BCUT2D eigenvalue weighted by molar-refractivity contribution is 0.0986. The second kappa shape index (κ2) is 10.8. The summed E-state index contributed by atoms with van der Waals surface area (Å²) < 4.78 is 29.6. The molecule has 0 saturated carbocycles. The van der Waals surface area contributed by atoms with Crippen LogP contribution < -0.4 is 9.21 Å². The maximum Gasteiger partial charge on any atom is 0.264 e. The van der Waals surface area contributed by atoms with Gasteiger partial charge in [0, 0.05) is 18.7 Å². The Morgan fingerprint density at radius 1 is 1.03 bits per heavy atom. The van der Waals surface area contributed by atoms with Crippen molar-refractivity contribution in [3.8, 4) is 0 Å². The summed E-state index contributed by atoms with van der Waals surface area (Å²) in [5.41, 5.74) is 4.21. The summed E-state index contributed by atoms with van der Waals surface area (Å²) >= 11 is 1.50. The van der Waals surface area contributed by atoms with Gasteiger partial charge in [0.05, 0.1) is 20.8 Å². The normalized spacial score (nSPS) is 13.6. The fourth-order valence-electron chi connectivity index (χ4n) is 4.77. The van der Waals surface area contributed by atoms with E-state index in [0.29, 0.717) is 23.8 Å². The molecule has 0 N–H and O–H groups in total. The Bertz CT molecular complexity index is 1560. The van der Waals surface area contributed by atoms with E-state index in [1.807, 2.05) is 57.4 Å². The molecule has 0 aliphatic carbocycles. The van der Waals surface area contributed by atoms with Gasteiger partial charge in [-0.1, -0.05) is 35.6 Å². The molecule has 0 atom stereocenters. The number of aromatic nitrogens is 1. The van der Waals surface area contributed by atoms with Gasteiger partial charge >= 0.3 is 0 Å². The van der Waals surface area contributed by atoms with Crippen LogP contribution in [0, 0.1) is 6.92 Å². The summed E-state index contributed by atoms with van der Waals surface area (Å²) in [7, 11) is 0.270. The number of rotatable bonds is 8. The molecular formula is C29H32N4O3S2. The van der Waals surface area contributed by atoms with E-state index in [1.165, 1.54) is 15.6 Å². The summed E-state index contributed by atoms with van der Waals surface area (Å²) in [5.74, 6) is -0.188. The molecule has 0 saturated heterocycles. The zero-order chi connectivity index (χ0) is 26.9. The summed E-state index contributed by atoms with van der Waals surface area (Å²) in [6, 6.07) is 20.0. The van der Waals surface area contributed by atoms with Gasteiger partial charge < -0.3 is 4.90 Å². The van der Waals surface area contributed by atoms with Gasteiger partial charge in [-0.05, 0) is 100 Å². The summed E-state index contributed by atoms with van der Waals surface area (Å²) in [5, 5.41) is 0.649. The van der Waals surface area contributed by atoms with Crippen LogP contribution in [0.5, 0.6) is 0 Å². The first-order valence-electron chi connectivity index (χ1n) is 12.8. The summed E-state index contributed by atoms with van der Waals surface area (Å²) in [6.07, 6.45) is 2.43. The largest absolute Gasteiger partial charge is 0.309 e. The monoisotopic (exact) mass is 548 g/mol. The Morgan fingerprint density at radius 2 is 1.79 bits per heavy atom. The van der Waals surface area contributed by atoms with Gasteiger partial charge in [-0.2, -0.15) is 0 Å². The van der Waals surface area contributed by atoms with E-state index < -0.39 is 10.0 Å². The molecule has 1 amide bonds. The van der Waals surface area contributed by atoms with Crippen molar-refractivity contribution >= 4 is 48.3 Å². The lowest BCUT2D eigenvalue weighted by atomic mass is 10.0. The first-order chi connectivity index (χ1) is 18.2. The number of hydrogen-bond donors (Lipinski definition) is 0. The van der Waals surface area contributed by atoms with Crippen LogP contribution in [0.4, 0.5) is 10.8 Å². The van der Waals surface area contributed by atoms with Crippen LogP contribution in [-0.2, 0) is 16.4 Å². The van der Waals surface area contributed by atoms with Crippen LogP contribution in [0.3, 0.4) is 0 Å². The van der Waals surface area contributed by atoms with Gasteiger partial charge in [0.1, 0.15) is 0 Å². The Labute approximate surface area is 228 Å². The molecule has 198 valence electrons. The zero-order valence-electron chi connectivity index (χ0n) is 21.9. The molecule has 1 aromatic heterocycles. The molecule has 1 aliphatic heterocycles. The van der Waals surface area contributed by atoms with Crippen molar-refractivity contribution in [2.45, 2.75) is 31.1 Å². The number of aryl methyl sites for hydroxylation is 2. The molecule has 7 nitrogen and oxygen atoms in total. The lowest BCUT2D eigenvalue weighted by Crippen LogP contribution is -2.35. The first-order valence-corrected chi connectivity index (χ1v) is 15.0. The van der Waals surface area contributed by atoms with Gasteiger partial charge in [0.2, 0.25) is 0 Å². The highest BCUT2D eigenvalue weighted by atomic mass is 32.2. The summed E-state index contributed by atoms with van der Waals surface area (Å²) in [6.45, 7) is 3.83. The number of fused-ring (bicyclic) bond motifs is 2. The minimum atomic E-state index is -3.74. The number of para-hydroxylation sites is 1. The van der Waals surface area contributed by atoms with Crippen molar-refractivity contribution in [2.24, 2.45) is 0 Å². The minimum absolute atomic E-state index is 0.181. The van der Waals surface area contributed by atoms with Crippen molar-refractivity contribution in [3.05, 3.63) is 83.4 Å². The van der Waals surface area contributed by atoms with Crippen molar-refractivity contribution < 1.29 is 13.2 Å². The smallest absolute Gasteiger partial charge is 0.264 e. The van der Waals surface area contributed by atoms with Crippen LogP contribution in [0.1, 0.15) is 34.3 Å². The lowest BCUT2D eigenvalue weighted by Gasteiger charge is -2.30. The third-order valence-electron chi connectivity index (χ3n) is 6.75. The van der Waals surface area contributed by atoms with Crippen LogP contribution in [-0.4, -0.2) is 57.9 Å². The van der Waals surface area contributed by atoms with Crippen LogP contribution in [0.15, 0.2) is 71.6 Å². The van der Waals surface area contributed by atoms with Crippen molar-refractivity contribution in [1.29, 1.82) is 0 Å². The number of anilines is 2. The Hall–Kier alpha value is -3.27. The quantitative estimate of drug-likeness (QED) is 0.297. The van der Waals surface area contributed by atoms with E-state index in [0.717, 1.165) is 52.8 Å². The topological polar surface area (TPSA) is 73.8 Å². The Morgan fingerprint density at radius 3 is 2.55 bits per heavy atom. The predicted molar refractivity (Wildman–Crippen MR) is 155 cm³/mol. The molecule has 0 radical (unpaired) electrons. The van der Waals surface area contributed by atoms with Crippen LogP contribution in [0.2, 0.25) is 0 Å². The molecule has 4 aromatic rings. The van der Waals surface area contributed by atoms with E-state index in [1.54, 1.807) is 29.2 Å². The number of benzene rings is 3. The predicted octanol–water partition coefficient (Wildman–Crippen LogP) is 5.34. The number of nitrogens with zero attached hydrogens (tertiary/aromatic N) is 4. The third kappa shape index (κ3) is 5.32. The SMILES string of the molecule is Cc1ccc2nc(N(CCCN(C)C)C(=O)c3ccc(S(=O)(=O)N4CCCc5ccccc54)cc3)sc2c1. The molecule has 9 heteroatoms. The van der Waals surface area contributed by atoms with E-state index in [4.69, 9.17) is 4.98 Å².